The van der Waals surface area contributed by atoms with E-state index in [0.29, 0.717) is 16.3 Å². The van der Waals surface area contributed by atoms with Crippen molar-refractivity contribution >= 4 is 29.1 Å². The van der Waals surface area contributed by atoms with Crippen LogP contribution in [-0.2, 0) is 9.59 Å². The van der Waals surface area contributed by atoms with E-state index in [1.54, 1.807) is 23.1 Å². The molecule has 0 spiro atoms. The molecule has 162 valence electrons. The Kier molecular flexibility index (Phi) is 6.05. The number of rotatable bonds is 4. The number of nitrogens with zero attached hydrogens (tertiary/aromatic N) is 1. The van der Waals surface area contributed by atoms with Gasteiger partial charge in [0.25, 0.3) is 11.7 Å². The van der Waals surface area contributed by atoms with Crippen LogP contribution in [0.4, 0.5) is 0 Å². The standard InChI is InChI=1S/C25H26ClNO4/c1-15-8-6-7-11-18(15)22-21(23(28)16-12-13-19(26)20(14-16)31-2)24(29)25(30)27(22)17-9-4-3-5-10-17/h6-8,11-14,17,22,28H,3-5,9-10H2,1-2H3/b23-21+. The first kappa shape index (κ1) is 21.4. The van der Waals surface area contributed by atoms with Gasteiger partial charge in [-0.3, -0.25) is 9.59 Å². The van der Waals surface area contributed by atoms with Crippen LogP contribution in [0.15, 0.2) is 48.0 Å². The second-order valence-corrected chi connectivity index (χ2v) is 8.61. The van der Waals surface area contributed by atoms with Crippen molar-refractivity contribution in [1.29, 1.82) is 0 Å². The topological polar surface area (TPSA) is 66.8 Å². The van der Waals surface area contributed by atoms with Crippen molar-refractivity contribution in [2.75, 3.05) is 7.11 Å². The zero-order valence-corrected chi connectivity index (χ0v) is 18.5. The number of ether oxygens (including phenoxy) is 1. The Morgan fingerprint density at radius 3 is 2.48 bits per heavy atom. The normalized spacial score (nSPS) is 21.5. The van der Waals surface area contributed by atoms with Gasteiger partial charge in [-0.25, -0.2) is 0 Å². The molecule has 2 aliphatic rings. The van der Waals surface area contributed by atoms with Gasteiger partial charge < -0.3 is 14.7 Å². The molecule has 1 aliphatic heterocycles. The second kappa shape index (κ2) is 8.75. The molecule has 2 aromatic carbocycles. The maximum Gasteiger partial charge on any atom is 0.295 e. The van der Waals surface area contributed by atoms with Crippen molar-refractivity contribution in [3.63, 3.8) is 0 Å². The molecule has 1 heterocycles. The fourth-order valence-corrected chi connectivity index (χ4v) is 4.94. The Balaban J connectivity index is 1.90. The minimum atomic E-state index is -0.648. The van der Waals surface area contributed by atoms with Gasteiger partial charge in [0.2, 0.25) is 0 Å². The van der Waals surface area contributed by atoms with Crippen LogP contribution in [0.2, 0.25) is 5.02 Å². The van der Waals surface area contributed by atoms with E-state index in [1.807, 2.05) is 31.2 Å². The number of benzene rings is 2. The van der Waals surface area contributed by atoms with E-state index in [1.165, 1.54) is 7.11 Å². The Morgan fingerprint density at radius 2 is 1.81 bits per heavy atom. The van der Waals surface area contributed by atoms with Crippen molar-refractivity contribution in [3.8, 4) is 5.75 Å². The summed E-state index contributed by atoms with van der Waals surface area (Å²) in [5.41, 5.74) is 2.33. The molecule has 1 saturated carbocycles. The van der Waals surface area contributed by atoms with Gasteiger partial charge >= 0.3 is 0 Å². The van der Waals surface area contributed by atoms with Gasteiger partial charge in [0.15, 0.2) is 0 Å². The Morgan fingerprint density at radius 1 is 1.10 bits per heavy atom. The Labute approximate surface area is 187 Å². The van der Waals surface area contributed by atoms with E-state index in [2.05, 4.69) is 0 Å². The molecule has 1 aliphatic carbocycles. The van der Waals surface area contributed by atoms with Crippen LogP contribution >= 0.6 is 11.6 Å². The predicted octanol–water partition coefficient (Wildman–Crippen LogP) is 5.41. The van der Waals surface area contributed by atoms with E-state index < -0.39 is 17.7 Å². The third-order valence-electron chi connectivity index (χ3n) is 6.36. The summed E-state index contributed by atoms with van der Waals surface area (Å²) in [7, 11) is 1.49. The molecule has 0 aromatic heterocycles. The zero-order chi connectivity index (χ0) is 22.1. The highest BCUT2D eigenvalue weighted by Gasteiger charge is 2.49. The summed E-state index contributed by atoms with van der Waals surface area (Å²) in [6.45, 7) is 1.96. The average molecular weight is 440 g/mol. The van der Waals surface area contributed by atoms with Crippen LogP contribution < -0.4 is 4.74 Å². The third-order valence-corrected chi connectivity index (χ3v) is 6.67. The number of hydrogen-bond acceptors (Lipinski definition) is 4. The van der Waals surface area contributed by atoms with Gasteiger partial charge in [0, 0.05) is 11.6 Å². The number of aliphatic hydroxyl groups excluding tert-OH is 1. The predicted molar refractivity (Wildman–Crippen MR) is 120 cm³/mol. The summed E-state index contributed by atoms with van der Waals surface area (Å²) in [5, 5.41) is 11.6. The number of halogens is 1. The summed E-state index contributed by atoms with van der Waals surface area (Å²) in [4.78, 5) is 28.1. The van der Waals surface area contributed by atoms with Crippen LogP contribution in [0.5, 0.6) is 5.75 Å². The number of likely N-dealkylation sites (tertiary alicyclic amines) is 1. The summed E-state index contributed by atoms with van der Waals surface area (Å²) in [6, 6.07) is 11.9. The highest BCUT2D eigenvalue weighted by atomic mass is 35.5. The molecule has 1 saturated heterocycles. The molecule has 0 bridgehead atoms. The number of methoxy groups -OCH3 is 1. The number of amides is 1. The summed E-state index contributed by atoms with van der Waals surface area (Å²) in [5.74, 6) is -1.01. The number of hydrogen-bond donors (Lipinski definition) is 1. The lowest BCUT2D eigenvalue weighted by Gasteiger charge is -2.36. The molecular formula is C25H26ClNO4. The number of carbonyl (C=O) groups excluding carboxylic acids is 2. The first-order valence-electron chi connectivity index (χ1n) is 10.6. The number of Topliss-reactive ketones (excluding diaryl/α,β-unsaturated/α-hetero) is 1. The molecule has 31 heavy (non-hydrogen) atoms. The first-order chi connectivity index (χ1) is 14.9. The highest BCUT2D eigenvalue weighted by molar-refractivity contribution is 6.46. The van der Waals surface area contributed by atoms with Gasteiger partial charge in [-0.1, -0.05) is 55.1 Å². The molecule has 6 heteroatoms. The molecule has 2 fully saturated rings. The molecule has 1 atom stereocenters. The van der Waals surface area contributed by atoms with E-state index >= 15 is 0 Å². The number of aliphatic hydroxyl groups is 1. The SMILES string of the molecule is COc1cc(/C(O)=C2\C(=O)C(=O)N(C3CCCCC3)C2c2ccccc2C)ccc1Cl. The minimum Gasteiger partial charge on any atom is -0.507 e. The smallest absolute Gasteiger partial charge is 0.295 e. The van der Waals surface area contributed by atoms with Crippen LogP contribution in [0.25, 0.3) is 5.76 Å². The van der Waals surface area contributed by atoms with Crippen LogP contribution in [-0.4, -0.2) is 34.8 Å². The highest BCUT2D eigenvalue weighted by Crippen LogP contribution is 2.44. The van der Waals surface area contributed by atoms with E-state index in [9.17, 15) is 14.7 Å². The van der Waals surface area contributed by atoms with Gasteiger partial charge in [0.05, 0.1) is 23.7 Å². The van der Waals surface area contributed by atoms with Gasteiger partial charge in [-0.05, 0) is 49.1 Å². The van der Waals surface area contributed by atoms with E-state index in [0.717, 1.165) is 43.2 Å². The van der Waals surface area contributed by atoms with Crippen LogP contribution in [0, 0.1) is 6.92 Å². The fourth-order valence-electron chi connectivity index (χ4n) is 4.75. The molecule has 1 N–H and O–H groups in total. The largest absolute Gasteiger partial charge is 0.507 e. The van der Waals surface area contributed by atoms with Crippen molar-refractivity contribution in [2.24, 2.45) is 0 Å². The third kappa shape index (κ3) is 3.83. The summed E-state index contributed by atoms with van der Waals surface area (Å²) < 4.78 is 5.27. The van der Waals surface area contributed by atoms with E-state index in [-0.39, 0.29) is 17.4 Å². The van der Waals surface area contributed by atoms with Gasteiger partial charge in [-0.2, -0.15) is 0 Å². The monoisotopic (exact) mass is 439 g/mol. The maximum atomic E-state index is 13.2. The molecule has 0 radical (unpaired) electrons. The summed E-state index contributed by atoms with van der Waals surface area (Å²) in [6.07, 6.45) is 4.93. The Hall–Kier alpha value is -2.79. The molecule has 1 amide bonds. The lowest BCUT2D eigenvalue weighted by Crippen LogP contribution is -2.40. The number of carbonyl (C=O) groups is 2. The lowest BCUT2D eigenvalue weighted by molar-refractivity contribution is -0.141. The maximum absolute atomic E-state index is 13.2. The average Bonchev–Trinajstić information content (AvgIpc) is 3.05. The van der Waals surface area contributed by atoms with Crippen molar-refractivity contribution < 1.29 is 19.4 Å². The second-order valence-electron chi connectivity index (χ2n) is 8.20. The number of aryl methyl sites for hydroxylation is 1. The van der Waals surface area contributed by atoms with Crippen molar-refractivity contribution in [2.45, 2.75) is 51.1 Å². The number of ketones is 1. The molecule has 5 nitrogen and oxygen atoms in total. The van der Waals surface area contributed by atoms with Gasteiger partial charge in [-0.15, -0.1) is 0 Å². The van der Waals surface area contributed by atoms with Crippen LogP contribution in [0.1, 0.15) is 54.8 Å². The quantitative estimate of drug-likeness (QED) is 0.393. The fraction of sp³-hybridized carbons (Fsp3) is 0.360. The van der Waals surface area contributed by atoms with Crippen molar-refractivity contribution in [1.82, 2.24) is 4.90 Å². The first-order valence-corrected chi connectivity index (χ1v) is 11.0. The summed E-state index contributed by atoms with van der Waals surface area (Å²) >= 11 is 6.13. The van der Waals surface area contributed by atoms with E-state index in [4.69, 9.17) is 16.3 Å². The van der Waals surface area contributed by atoms with Crippen LogP contribution in [0.3, 0.4) is 0 Å². The molecule has 4 rings (SSSR count). The minimum absolute atomic E-state index is 0.0140. The van der Waals surface area contributed by atoms with Gasteiger partial charge in [0.1, 0.15) is 11.5 Å². The molecule has 2 aromatic rings. The zero-order valence-electron chi connectivity index (χ0n) is 17.7. The van der Waals surface area contributed by atoms with Crippen molar-refractivity contribution in [3.05, 3.63) is 69.8 Å². The Bertz CT molecular complexity index is 1060. The molecular weight excluding hydrogens is 414 g/mol. The molecule has 1 unspecified atom stereocenters. The lowest BCUT2D eigenvalue weighted by atomic mass is 9.89.